The first-order valence-corrected chi connectivity index (χ1v) is 4.47. The van der Waals surface area contributed by atoms with Gasteiger partial charge in [0.2, 0.25) is 0 Å². The van der Waals surface area contributed by atoms with Crippen LogP contribution in [0.15, 0.2) is 4.99 Å². The Kier molecular flexibility index (Phi) is 7.20. The number of hydrogen-bond acceptors (Lipinski definition) is 4. The normalized spacial score (nSPS) is 11.5. The van der Waals surface area contributed by atoms with Gasteiger partial charge in [0, 0.05) is 18.9 Å². The molecule has 0 aliphatic carbocycles. The predicted molar refractivity (Wildman–Crippen MR) is 50.9 cm³/mol. The predicted octanol–water partition coefficient (Wildman–Crippen LogP) is 0.783. The van der Waals surface area contributed by atoms with Gasteiger partial charge in [0.15, 0.2) is 0 Å². The van der Waals surface area contributed by atoms with Gasteiger partial charge in [0.25, 0.3) is 0 Å². The first-order chi connectivity index (χ1) is 6.20. The highest BCUT2D eigenvalue weighted by Gasteiger charge is 2.02. The molecule has 0 atom stereocenters. The highest BCUT2D eigenvalue weighted by molar-refractivity contribution is 5.97. The molecule has 0 saturated carbocycles. The number of carbonyl (C=O) groups excluding carboxylic acids is 1. The molecule has 0 radical (unpaired) electrons. The Balaban J connectivity index is 3.64. The molecule has 4 heteroatoms. The van der Waals surface area contributed by atoms with E-state index < -0.39 is 0 Å². The zero-order chi connectivity index (χ0) is 10.1. The van der Waals surface area contributed by atoms with Gasteiger partial charge in [-0.25, -0.2) is 0 Å². The van der Waals surface area contributed by atoms with Crippen LogP contribution in [0.4, 0.5) is 0 Å². The average Bonchev–Trinajstić information content (AvgIpc) is 2.05. The van der Waals surface area contributed by atoms with E-state index in [1.54, 1.807) is 13.8 Å². The number of nitrogens with zero attached hydrogens (tertiary/aromatic N) is 1. The summed E-state index contributed by atoms with van der Waals surface area (Å²) in [6.45, 7) is 4.67. The molecule has 13 heavy (non-hydrogen) atoms. The number of aliphatic hydroxyl groups excluding tert-OH is 1. The minimum Gasteiger partial charge on any atom is -0.466 e. The van der Waals surface area contributed by atoms with E-state index in [2.05, 4.69) is 4.99 Å². The summed E-state index contributed by atoms with van der Waals surface area (Å²) in [6, 6.07) is 0. The third-order valence-corrected chi connectivity index (χ3v) is 1.40. The molecule has 0 aliphatic rings. The summed E-state index contributed by atoms with van der Waals surface area (Å²) in [5.74, 6) is -0.243. The molecule has 0 aromatic carbocycles. The van der Waals surface area contributed by atoms with Gasteiger partial charge < -0.3 is 9.84 Å². The lowest BCUT2D eigenvalue weighted by Gasteiger charge is -2.00. The SMILES string of the molecule is CCOC(=O)CC(C)=NCCCO. The van der Waals surface area contributed by atoms with E-state index in [1.165, 1.54) is 0 Å². The molecule has 0 aromatic rings. The van der Waals surface area contributed by atoms with Gasteiger partial charge in [-0.3, -0.25) is 9.79 Å². The quantitative estimate of drug-likeness (QED) is 0.380. The smallest absolute Gasteiger partial charge is 0.311 e. The molecule has 4 nitrogen and oxygen atoms in total. The zero-order valence-electron chi connectivity index (χ0n) is 8.25. The van der Waals surface area contributed by atoms with E-state index >= 15 is 0 Å². The van der Waals surface area contributed by atoms with E-state index in [9.17, 15) is 4.79 Å². The molecular formula is C9H17NO3. The van der Waals surface area contributed by atoms with Gasteiger partial charge in [0.05, 0.1) is 13.0 Å². The first-order valence-electron chi connectivity index (χ1n) is 4.47. The van der Waals surface area contributed by atoms with Crippen molar-refractivity contribution in [3.63, 3.8) is 0 Å². The largest absolute Gasteiger partial charge is 0.466 e. The van der Waals surface area contributed by atoms with Crippen LogP contribution in [0.2, 0.25) is 0 Å². The summed E-state index contributed by atoms with van der Waals surface area (Å²) < 4.78 is 4.75. The molecule has 0 aromatic heterocycles. The van der Waals surface area contributed by atoms with E-state index in [0.717, 1.165) is 5.71 Å². The van der Waals surface area contributed by atoms with Gasteiger partial charge >= 0.3 is 5.97 Å². The summed E-state index contributed by atoms with van der Waals surface area (Å²) >= 11 is 0. The van der Waals surface area contributed by atoms with Crippen molar-refractivity contribution in [3.8, 4) is 0 Å². The van der Waals surface area contributed by atoms with Gasteiger partial charge in [0.1, 0.15) is 0 Å². The Morgan fingerprint density at radius 3 is 2.77 bits per heavy atom. The Hall–Kier alpha value is -0.900. The molecule has 0 rings (SSSR count). The molecule has 1 N–H and O–H groups in total. The maximum Gasteiger partial charge on any atom is 0.311 e. The fourth-order valence-corrected chi connectivity index (χ4v) is 0.817. The molecule has 0 amide bonds. The van der Waals surface area contributed by atoms with Crippen molar-refractivity contribution in [1.82, 2.24) is 0 Å². The summed E-state index contributed by atoms with van der Waals surface area (Å²) in [5, 5.41) is 8.48. The number of rotatable bonds is 6. The first kappa shape index (κ1) is 12.1. The lowest BCUT2D eigenvalue weighted by molar-refractivity contribution is -0.141. The van der Waals surface area contributed by atoms with Crippen molar-refractivity contribution >= 4 is 11.7 Å². The summed E-state index contributed by atoms with van der Waals surface area (Å²) in [4.78, 5) is 15.0. The minimum atomic E-state index is -0.243. The maximum atomic E-state index is 10.9. The molecule has 0 bridgehead atoms. The standard InChI is InChI=1S/C9H17NO3/c1-3-13-9(12)7-8(2)10-5-4-6-11/h11H,3-7H2,1-2H3. The molecule has 0 heterocycles. The van der Waals surface area contributed by atoms with Crippen molar-refractivity contribution in [2.45, 2.75) is 26.7 Å². The third-order valence-electron chi connectivity index (χ3n) is 1.40. The van der Waals surface area contributed by atoms with Crippen molar-refractivity contribution in [3.05, 3.63) is 0 Å². The number of hydrogen-bond donors (Lipinski definition) is 1. The molecule has 0 fully saturated rings. The molecule has 76 valence electrons. The minimum absolute atomic E-state index is 0.135. The molecule has 0 aliphatic heterocycles. The molecule has 0 unspecified atom stereocenters. The Bertz CT molecular complexity index is 178. The Morgan fingerprint density at radius 2 is 2.23 bits per heavy atom. The van der Waals surface area contributed by atoms with Crippen molar-refractivity contribution in [2.75, 3.05) is 19.8 Å². The van der Waals surface area contributed by atoms with Crippen LogP contribution in [0.5, 0.6) is 0 Å². The number of ether oxygens (including phenoxy) is 1. The number of carbonyl (C=O) groups is 1. The number of esters is 1. The number of aliphatic hydroxyl groups is 1. The van der Waals surface area contributed by atoms with Crippen molar-refractivity contribution in [1.29, 1.82) is 0 Å². The van der Waals surface area contributed by atoms with Crippen LogP contribution in [0, 0.1) is 0 Å². The lowest BCUT2D eigenvalue weighted by Crippen LogP contribution is -2.09. The van der Waals surface area contributed by atoms with Crippen LogP contribution in [0.3, 0.4) is 0 Å². The summed E-state index contributed by atoms with van der Waals surface area (Å²) in [6.07, 6.45) is 0.888. The topological polar surface area (TPSA) is 58.9 Å². The summed E-state index contributed by atoms with van der Waals surface area (Å²) in [7, 11) is 0. The zero-order valence-corrected chi connectivity index (χ0v) is 8.25. The Morgan fingerprint density at radius 1 is 1.54 bits per heavy atom. The molecular weight excluding hydrogens is 170 g/mol. The monoisotopic (exact) mass is 187 g/mol. The second-order valence-electron chi connectivity index (χ2n) is 2.68. The van der Waals surface area contributed by atoms with E-state index in [0.29, 0.717) is 19.6 Å². The second kappa shape index (κ2) is 7.73. The van der Waals surface area contributed by atoms with Crippen molar-refractivity contribution in [2.24, 2.45) is 4.99 Å². The summed E-state index contributed by atoms with van der Waals surface area (Å²) in [5.41, 5.74) is 0.756. The van der Waals surface area contributed by atoms with Crippen LogP contribution in [-0.4, -0.2) is 36.5 Å². The average molecular weight is 187 g/mol. The van der Waals surface area contributed by atoms with Gasteiger partial charge in [-0.15, -0.1) is 0 Å². The van der Waals surface area contributed by atoms with E-state index in [4.69, 9.17) is 9.84 Å². The van der Waals surface area contributed by atoms with Crippen LogP contribution in [-0.2, 0) is 9.53 Å². The second-order valence-corrected chi connectivity index (χ2v) is 2.68. The highest BCUT2D eigenvalue weighted by atomic mass is 16.5. The van der Waals surface area contributed by atoms with Crippen LogP contribution < -0.4 is 0 Å². The van der Waals surface area contributed by atoms with Gasteiger partial charge in [-0.2, -0.15) is 0 Å². The number of aliphatic imine (C=N–C) groups is 1. The fourth-order valence-electron chi connectivity index (χ4n) is 0.817. The van der Waals surface area contributed by atoms with Gasteiger partial charge in [-0.05, 0) is 20.3 Å². The fraction of sp³-hybridized carbons (Fsp3) is 0.778. The highest BCUT2D eigenvalue weighted by Crippen LogP contribution is 1.92. The van der Waals surface area contributed by atoms with Crippen LogP contribution >= 0.6 is 0 Å². The van der Waals surface area contributed by atoms with Crippen LogP contribution in [0.25, 0.3) is 0 Å². The van der Waals surface area contributed by atoms with Crippen LogP contribution in [0.1, 0.15) is 26.7 Å². The van der Waals surface area contributed by atoms with E-state index in [-0.39, 0.29) is 19.0 Å². The van der Waals surface area contributed by atoms with Crippen molar-refractivity contribution < 1.29 is 14.6 Å². The Labute approximate surface area is 78.6 Å². The molecule has 0 spiro atoms. The third kappa shape index (κ3) is 7.46. The lowest BCUT2D eigenvalue weighted by atomic mass is 10.3. The molecule has 0 saturated heterocycles. The van der Waals surface area contributed by atoms with Gasteiger partial charge in [-0.1, -0.05) is 0 Å². The maximum absolute atomic E-state index is 10.9. The van der Waals surface area contributed by atoms with E-state index in [1.807, 2.05) is 0 Å².